The number of benzene rings is 2. The second kappa shape index (κ2) is 9.17. The Morgan fingerprint density at radius 3 is 2.67 bits per heavy atom. The number of rotatable bonds is 5. The van der Waals surface area contributed by atoms with Crippen molar-refractivity contribution < 1.29 is 19.1 Å². The number of nitrogens with one attached hydrogen (secondary N) is 1. The van der Waals surface area contributed by atoms with Crippen molar-refractivity contribution in [1.82, 2.24) is 0 Å². The van der Waals surface area contributed by atoms with E-state index in [0.29, 0.717) is 39.2 Å². The van der Waals surface area contributed by atoms with Crippen LogP contribution in [0.15, 0.2) is 65.2 Å². The van der Waals surface area contributed by atoms with E-state index in [1.807, 2.05) is 13.0 Å². The number of fused-ring (bicyclic) bond motifs is 1. The SMILES string of the molecule is COc1ccc(OC)c(N2C(=O)C3C=CC(C(=O)Nc4ccc(C)c(Cl)c4)=CC3=NC2=S)c1. The molecule has 1 N–H and O–H groups in total. The fraction of sp³-hybridized carbons (Fsp3) is 0.167. The zero-order valence-electron chi connectivity index (χ0n) is 18.1. The minimum atomic E-state index is -0.682. The molecule has 1 heterocycles. The summed E-state index contributed by atoms with van der Waals surface area (Å²) in [6.07, 6.45) is 4.81. The minimum absolute atomic E-state index is 0.0504. The predicted molar refractivity (Wildman–Crippen MR) is 133 cm³/mol. The van der Waals surface area contributed by atoms with E-state index in [1.54, 1.807) is 48.6 Å². The average Bonchev–Trinajstić information content (AvgIpc) is 2.81. The van der Waals surface area contributed by atoms with Crippen molar-refractivity contribution in [2.24, 2.45) is 10.9 Å². The van der Waals surface area contributed by atoms with E-state index in [2.05, 4.69) is 10.3 Å². The lowest BCUT2D eigenvalue weighted by atomic mass is 9.91. The third-order valence-corrected chi connectivity index (χ3v) is 5.99. The van der Waals surface area contributed by atoms with Gasteiger partial charge in [-0.3, -0.25) is 14.5 Å². The van der Waals surface area contributed by atoms with E-state index in [1.165, 1.54) is 19.1 Å². The van der Waals surface area contributed by atoms with E-state index in [9.17, 15) is 9.59 Å². The summed E-state index contributed by atoms with van der Waals surface area (Å²) in [5.74, 6) is -0.322. The molecule has 2 aliphatic rings. The molecule has 0 saturated heterocycles. The van der Waals surface area contributed by atoms with Crippen LogP contribution in [-0.4, -0.2) is 36.9 Å². The molecule has 1 atom stereocenters. The predicted octanol–water partition coefficient (Wildman–Crippen LogP) is 4.49. The number of hydrogen-bond acceptors (Lipinski definition) is 5. The van der Waals surface area contributed by atoms with Gasteiger partial charge in [0.05, 0.1) is 31.5 Å². The molecule has 2 aromatic rings. The number of carbonyl (C=O) groups excluding carboxylic acids is 2. The smallest absolute Gasteiger partial charge is 0.255 e. The van der Waals surface area contributed by atoms with Crippen LogP contribution in [0.4, 0.5) is 11.4 Å². The largest absolute Gasteiger partial charge is 0.497 e. The highest BCUT2D eigenvalue weighted by atomic mass is 35.5. The number of thiocarbonyl (C=S) groups is 1. The monoisotopic (exact) mass is 481 g/mol. The summed E-state index contributed by atoms with van der Waals surface area (Å²) < 4.78 is 10.7. The lowest BCUT2D eigenvalue weighted by molar-refractivity contribution is -0.118. The van der Waals surface area contributed by atoms with E-state index in [4.69, 9.17) is 33.3 Å². The lowest BCUT2D eigenvalue weighted by Gasteiger charge is -2.31. The summed E-state index contributed by atoms with van der Waals surface area (Å²) in [6.45, 7) is 1.88. The Bertz CT molecular complexity index is 1270. The highest BCUT2D eigenvalue weighted by Crippen LogP contribution is 2.36. The first kappa shape index (κ1) is 22.7. The van der Waals surface area contributed by atoms with Gasteiger partial charge in [-0.15, -0.1) is 0 Å². The Balaban J connectivity index is 1.62. The molecule has 9 heteroatoms. The van der Waals surface area contributed by atoms with Crippen molar-refractivity contribution >= 4 is 57.8 Å². The molecule has 0 fully saturated rings. The Hall–Kier alpha value is -3.49. The van der Waals surface area contributed by atoms with Crippen LogP contribution in [0.25, 0.3) is 0 Å². The van der Waals surface area contributed by atoms with E-state index < -0.39 is 5.92 Å². The van der Waals surface area contributed by atoms with Crippen LogP contribution in [0, 0.1) is 12.8 Å². The normalized spacial score (nSPS) is 17.2. The van der Waals surface area contributed by atoms with Crippen molar-refractivity contribution in [2.75, 3.05) is 24.4 Å². The van der Waals surface area contributed by atoms with Gasteiger partial charge in [-0.1, -0.05) is 29.8 Å². The molecular formula is C24H20ClN3O4S. The van der Waals surface area contributed by atoms with Crippen molar-refractivity contribution in [3.8, 4) is 11.5 Å². The number of ether oxygens (including phenoxy) is 2. The summed E-state index contributed by atoms with van der Waals surface area (Å²) in [5, 5.41) is 3.41. The van der Waals surface area contributed by atoms with Crippen LogP contribution in [-0.2, 0) is 9.59 Å². The summed E-state index contributed by atoms with van der Waals surface area (Å²) in [6, 6.07) is 10.4. The number of carbonyl (C=O) groups is 2. The first-order chi connectivity index (χ1) is 15.8. The van der Waals surface area contributed by atoms with Gasteiger partial charge in [0.25, 0.3) is 5.91 Å². The summed E-state index contributed by atoms with van der Waals surface area (Å²) in [7, 11) is 3.04. The third-order valence-electron chi connectivity index (χ3n) is 5.31. The van der Waals surface area contributed by atoms with Crippen LogP contribution in [0.5, 0.6) is 11.5 Å². The van der Waals surface area contributed by atoms with Gasteiger partial charge in [-0.2, -0.15) is 0 Å². The molecule has 7 nitrogen and oxygen atoms in total. The van der Waals surface area contributed by atoms with Gasteiger partial charge < -0.3 is 14.8 Å². The Labute approximate surface area is 201 Å². The Kier molecular flexibility index (Phi) is 6.31. The number of aryl methyl sites for hydroxylation is 1. The standard InChI is InChI=1S/C24H20ClN3O4S/c1-13-4-6-15(11-18(13)25)26-22(29)14-5-8-17-19(10-14)27-24(33)28(23(17)30)20-12-16(31-2)7-9-21(20)32-3/h4-12,17H,1-3H3,(H,26,29). The van der Waals surface area contributed by atoms with Gasteiger partial charge >= 0.3 is 0 Å². The van der Waals surface area contributed by atoms with E-state index >= 15 is 0 Å². The molecule has 2 aromatic carbocycles. The number of methoxy groups -OCH3 is 2. The topological polar surface area (TPSA) is 80.2 Å². The first-order valence-electron chi connectivity index (χ1n) is 9.98. The van der Waals surface area contributed by atoms with Gasteiger partial charge in [0.15, 0.2) is 0 Å². The molecule has 168 valence electrons. The minimum Gasteiger partial charge on any atom is -0.497 e. The second-order valence-corrected chi connectivity index (χ2v) is 8.16. The van der Waals surface area contributed by atoms with Gasteiger partial charge in [-0.05, 0) is 55.0 Å². The van der Waals surface area contributed by atoms with Crippen molar-refractivity contribution in [3.05, 3.63) is 70.8 Å². The molecule has 2 amide bonds. The fourth-order valence-corrected chi connectivity index (χ4v) is 3.98. The Morgan fingerprint density at radius 1 is 1.18 bits per heavy atom. The molecule has 0 spiro atoms. The number of anilines is 2. The molecule has 0 saturated carbocycles. The van der Waals surface area contributed by atoms with Gasteiger partial charge in [0.1, 0.15) is 11.5 Å². The van der Waals surface area contributed by atoms with Crippen molar-refractivity contribution in [2.45, 2.75) is 6.92 Å². The van der Waals surface area contributed by atoms with Crippen molar-refractivity contribution in [3.63, 3.8) is 0 Å². The second-order valence-electron chi connectivity index (χ2n) is 7.39. The van der Waals surface area contributed by atoms with Crippen LogP contribution < -0.4 is 19.7 Å². The molecular weight excluding hydrogens is 462 g/mol. The number of amides is 2. The maximum atomic E-state index is 13.3. The van der Waals surface area contributed by atoms with Gasteiger partial charge in [0, 0.05) is 22.3 Å². The highest BCUT2D eigenvalue weighted by Gasteiger charge is 2.37. The zero-order chi connectivity index (χ0) is 23.7. The number of halogens is 1. The fourth-order valence-electron chi connectivity index (χ4n) is 3.51. The number of nitrogens with zero attached hydrogens (tertiary/aromatic N) is 2. The summed E-state index contributed by atoms with van der Waals surface area (Å²) in [5.41, 5.74) is 2.67. The van der Waals surface area contributed by atoms with Crippen LogP contribution in [0.3, 0.4) is 0 Å². The van der Waals surface area contributed by atoms with E-state index in [0.717, 1.165) is 5.56 Å². The van der Waals surface area contributed by atoms with Crippen LogP contribution >= 0.6 is 23.8 Å². The quantitative estimate of drug-likeness (QED) is 0.636. The molecule has 33 heavy (non-hydrogen) atoms. The lowest BCUT2D eigenvalue weighted by Crippen LogP contribution is -2.46. The molecule has 4 rings (SSSR count). The highest BCUT2D eigenvalue weighted by molar-refractivity contribution is 7.80. The average molecular weight is 482 g/mol. The van der Waals surface area contributed by atoms with Crippen LogP contribution in [0.1, 0.15) is 5.56 Å². The number of aliphatic imine (C=N–C) groups is 1. The summed E-state index contributed by atoms with van der Waals surface area (Å²) >= 11 is 11.6. The maximum absolute atomic E-state index is 13.3. The number of hydrogen-bond donors (Lipinski definition) is 1. The van der Waals surface area contributed by atoms with Crippen molar-refractivity contribution in [1.29, 1.82) is 0 Å². The third kappa shape index (κ3) is 4.40. The van der Waals surface area contributed by atoms with E-state index in [-0.39, 0.29) is 16.9 Å². The molecule has 1 aliphatic heterocycles. The molecule has 1 unspecified atom stereocenters. The Morgan fingerprint density at radius 2 is 1.97 bits per heavy atom. The summed E-state index contributed by atoms with van der Waals surface area (Å²) in [4.78, 5) is 31.9. The maximum Gasteiger partial charge on any atom is 0.255 e. The molecule has 1 aliphatic carbocycles. The van der Waals surface area contributed by atoms with Crippen LogP contribution in [0.2, 0.25) is 5.02 Å². The molecule has 0 radical (unpaired) electrons. The van der Waals surface area contributed by atoms with Gasteiger partial charge in [-0.25, -0.2) is 4.99 Å². The zero-order valence-corrected chi connectivity index (χ0v) is 19.7. The number of allylic oxidation sites excluding steroid dienone is 1. The molecule has 0 bridgehead atoms. The first-order valence-corrected chi connectivity index (χ1v) is 10.8. The van der Waals surface area contributed by atoms with Gasteiger partial charge in [0.2, 0.25) is 11.0 Å². The molecule has 0 aromatic heterocycles.